The minimum atomic E-state index is 0. The average molecular weight is 518 g/mol. The van der Waals surface area contributed by atoms with Crippen molar-refractivity contribution in [3.8, 4) is 0 Å². The van der Waals surface area contributed by atoms with Crippen LogP contribution in [0.1, 0.15) is 38.7 Å². The molecule has 1 aliphatic heterocycles. The van der Waals surface area contributed by atoms with Crippen LogP contribution in [-0.4, -0.2) is 73.9 Å². The molecule has 8 heteroatoms. The fraction of sp³-hybridized carbons (Fsp3) is 0.714. The second-order valence-electron chi connectivity index (χ2n) is 7.56. The molecule has 2 rings (SSSR count). The predicted molar refractivity (Wildman–Crippen MR) is 132 cm³/mol. The molecule has 0 radical (unpaired) electrons. The summed E-state index contributed by atoms with van der Waals surface area (Å²) in [5.41, 5.74) is 1.11. The molecule has 166 valence electrons. The van der Waals surface area contributed by atoms with Crippen LogP contribution in [0.15, 0.2) is 23.3 Å². The topological polar surface area (TPSA) is 76.0 Å². The van der Waals surface area contributed by atoms with E-state index >= 15 is 0 Å². The molecule has 1 aliphatic rings. The summed E-state index contributed by atoms with van der Waals surface area (Å²) in [5, 5.41) is 16.0. The number of piperazine rings is 1. The van der Waals surface area contributed by atoms with Crippen molar-refractivity contribution >= 4 is 35.8 Å². The molecule has 1 saturated heterocycles. The first-order chi connectivity index (χ1) is 13.7. The number of rotatable bonds is 10. The fourth-order valence-corrected chi connectivity index (χ4v) is 3.43. The SMILES string of the molecule is CCCC(CCO)CNC(=NCc1ccc(N2CCN(C)CC2)nc1)NCC.I. The second-order valence-corrected chi connectivity index (χ2v) is 7.56. The maximum atomic E-state index is 9.23. The third-order valence-electron chi connectivity index (χ3n) is 5.19. The van der Waals surface area contributed by atoms with Crippen molar-refractivity contribution < 1.29 is 5.11 Å². The molecular weight excluding hydrogens is 479 g/mol. The number of aliphatic hydroxyl groups is 1. The summed E-state index contributed by atoms with van der Waals surface area (Å²) in [6.45, 7) is 11.0. The summed E-state index contributed by atoms with van der Waals surface area (Å²) < 4.78 is 0. The molecule has 1 atom stereocenters. The minimum Gasteiger partial charge on any atom is -0.396 e. The van der Waals surface area contributed by atoms with Gasteiger partial charge in [0, 0.05) is 52.1 Å². The highest BCUT2D eigenvalue weighted by atomic mass is 127. The van der Waals surface area contributed by atoms with Crippen molar-refractivity contribution in [2.24, 2.45) is 10.9 Å². The lowest BCUT2D eigenvalue weighted by molar-refractivity contribution is 0.251. The van der Waals surface area contributed by atoms with Crippen LogP contribution in [0.25, 0.3) is 0 Å². The number of halogens is 1. The van der Waals surface area contributed by atoms with E-state index in [-0.39, 0.29) is 30.6 Å². The van der Waals surface area contributed by atoms with Crippen molar-refractivity contribution in [1.29, 1.82) is 0 Å². The number of hydrogen-bond donors (Lipinski definition) is 3. The van der Waals surface area contributed by atoms with Crippen molar-refractivity contribution in [1.82, 2.24) is 20.5 Å². The number of pyridine rings is 1. The van der Waals surface area contributed by atoms with Crippen molar-refractivity contribution in [3.05, 3.63) is 23.9 Å². The Morgan fingerprint density at radius 2 is 1.93 bits per heavy atom. The van der Waals surface area contributed by atoms with Crippen LogP contribution in [-0.2, 0) is 6.54 Å². The van der Waals surface area contributed by atoms with Gasteiger partial charge in [0.05, 0.1) is 6.54 Å². The monoisotopic (exact) mass is 518 g/mol. The Morgan fingerprint density at radius 1 is 1.17 bits per heavy atom. The molecule has 0 spiro atoms. The molecule has 1 aromatic rings. The molecular formula is C21H39IN6O. The lowest BCUT2D eigenvalue weighted by Crippen LogP contribution is -2.44. The maximum absolute atomic E-state index is 9.23. The highest BCUT2D eigenvalue weighted by Crippen LogP contribution is 2.14. The first-order valence-corrected chi connectivity index (χ1v) is 10.7. The van der Waals surface area contributed by atoms with Crippen LogP contribution in [0.2, 0.25) is 0 Å². The molecule has 1 unspecified atom stereocenters. The Morgan fingerprint density at radius 3 is 2.52 bits per heavy atom. The molecule has 0 aliphatic carbocycles. The Kier molecular flexibility index (Phi) is 13.2. The van der Waals surface area contributed by atoms with Crippen molar-refractivity contribution in [2.75, 3.05) is 57.8 Å². The smallest absolute Gasteiger partial charge is 0.191 e. The third kappa shape index (κ3) is 9.48. The highest BCUT2D eigenvalue weighted by molar-refractivity contribution is 14.0. The van der Waals surface area contributed by atoms with E-state index in [9.17, 15) is 5.11 Å². The number of aliphatic imine (C=N–C) groups is 1. The number of anilines is 1. The van der Waals surface area contributed by atoms with Crippen LogP contribution in [0, 0.1) is 5.92 Å². The maximum Gasteiger partial charge on any atom is 0.191 e. The number of aliphatic hydroxyl groups excluding tert-OH is 1. The lowest BCUT2D eigenvalue weighted by atomic mass is 10.0. The molecule has 1 aromatic heterocycles. The van der Waals surface area contributed by atoms with E-state index in [1.54, 1.807) is 0 Å². The molecule has 0 saturated carbocycles. The van der Waals surface area contributed by atoms with Gasteiger partial charge in [0.1, 0.15) is 5.82 Å². The van der Waals surface area contributed by atoms with Crippen molar-refractivity contribution in [3.63, 3.8) is 0 Å². The summed E-state index contributed by atoms with van der Waals surface area (Å²) in [7, 11) is 2.16. The Bertz CT molecular complexity index is 569. The second kappa shape index (κ2) is 14.8. The molecule has 0 bridgehead atoms. The number of likely N-dealkylation sites (N-methyl/N-ethyl adjacent to an activating group) is 1. The van der Waals surface area contributed by atoms with Gasteiger partial charge in [0.15, 0.2) is 5.96 Å². The largest absolute Gasteiger partial charge is 0.396 e. The van der Waals surface area contributed by atoms with E-state index in [0.29, 0.717) is 12.5 Å². The van der Waals surface area contributed by atoms with Gasteiger partial charge in [-0.3, -0.25) is 0 Å². The van der Waals surface area contributed by atoms with Gasteiger partial charge >= 0.3 is 0 Å². The van der Waals surface area contributed by atoms with Crippen LogP contribution in [0.3, 0.4) is 0 Å². The molecule has 3 N–H and O–H groups in total. The highest BCUT2D eigenvalue weighted by Gasteiger charge is 2.15. The Balaban J connectivity index is 0.00000420. The van der Waals surface area contributed by atoms with Crippen LogP contribution >= 0.6 is 24.0 Å². The van der Waals surface area contributed by atoms with Crippen LogP contribution in [0.4, 0.5) is 5.82 Å². The normalized spacial score (nSPS) is 16.3. The van der Waals surface area contributed by atoms with Gasteiger partial charge in [0.25, 0.3) is 0 Å². The van der Waals surface area contributed by atoms with Gasteiger partial charge in [-0.15, -0.1) is 24.0 Å². The van der Waals surface area contributed by atoms with E-state index in [1.807, 2.05) is 6.20 Å². The fourth-order valence-electron chi connectivity index (χ4n) is 3.43. The summed E-state index contributed by atoms with van der Waals surface area (Å²) >= 11 is 0. The number of nitrogens with zero attached hydrogens (tertiary/aromatic N) is 4. The van der Waals surface area contributed by atoms with E-state index < -0.39 is 0 Å². The van der Waals surface area contributed by atoms with E-state index in [4.69, 9.17) is 4.99 Å². The Labute approximate surface area is 193 Å². The van der Waals surface area contributed by atoms with Crippen LogP contribution < -0.4 is 15.5 Å². The van der Waals surface area contributed by atoms with Gasteiger partial charge in [-0.25, -0.2) is 9.98 Å². The summed E-state index contributed by atoms with van der Waals surface area (Å²) in [6.07, 6.45) is 5.01. The van der Waals surface area contributed by atoms with Gasteiger partial charge in [-0.05, 0) is 44.4 Å². The summed E-state index contributed by atoms with van der Waals surface area (Å²) in [5.74, 6) is 2.35. The first kappa shape index (κ1) is 25.9. The Hall–Kier alpha value is -1.13. The van der Waals surface area contributed by atoms with Gasteiger partial charge in [-0.1, -0.05) is 19.4 Å². The van der Waals surface area contributed by atoms with Gasteiger partial charge in [0.2, 0.25) is 0 Å². The average Bonchev–Trinajstić information content (AvgIpc) is 2.71. The van der Waals surface area contributed by atoms with Crippen LogP contribution in [0.5, 0.6) is 0 Å². The van der Waals surface area contributed by atoms with Gasteiger partial charge < -0.3 is 25.5 Å². The minimum absolute atomic E-state index is 0. The zero-order chi connectivity index (χ0) is 20.2. The molecule has 2 heterocycles. The predicted octanol–water partition coefficient (Wildman–Crippen LogP) is 2.31. The molecule has 0 amide bonds. The number of nitrogens with one attached hydrogen (secondary N) is 2. The van der Waals surface area contributed by atoms with Crippen molar-refractivity contribution in [2.45, 2.75) is 39.7 Å². The van der Waals surface area contributed by atoms with E-state index in [1.165, 1.54) is 0 Å². The number of hydrogen-bond acceptors (Lipinski definition) is 5. The molecule has 29 heavy (non-hydrogen) atoms. The van der Waals surface area contributed by atoms with Gasteiger partial charge in [-0.2, -0.15) is 0 Å². The zero-order valence-electron chi connectivity index (χ0n) is 18.2. The zero-order valence-corrected chi connectivity index (χ0v) is 20.6. The first-order valence-electron chi connectivity index (χ1n) is 10.7. The molecule has 7 nitrogen and oxygen atoms in total. The molecule has 0 aromatic carbocycles. The lowest BCUT2D eigenvalue weighted by Gasteiger charge is -2.33. The summed E-state index contributed by atoms with van der Waals surface area (Å²) in [6, 6.07) is 4.23. The van der Waals surface area contributed by atoms with E-state index in [0.717, 1.165) is 75.9 Å². The quantitative estimate of drug-likeness (QED) is 0.251. The molecule has 1 fully saturated rings. The third-order valence-corrected chi connectivity index (χ3v) is 5.19. The number of guanidine groups is 1. The number of aromatic nitrogens is 1. The summed E-state index contributed by atoms with van der Waals surface area (Å²) in [4.78, 5) is 14.0. The van der Waals surface area contributed by atoms with E-state index in [2.05, 4.69) is 58.4 Å². The standard InChI is InChI=1S/C21H38N6O.HI/c1-4-6-18(9-14-28)15-24-21(22-5-2)25-17-19-7-8-20(23-16-19)27-12-10-26(3)11-13-27;/h7-8,16,18,28H,4-6,9-15,17H2,1-3H3,(H2,22,24,25);1H.